The molecule has 1 aromatic carbocycles. The van der Waals surface area contributed by atoms with Gasteiger partial charge in [0.15, 0.2) is 0 Å². The van der Waals surface area contributed by atoms with Crippen molar-refractivity contribution in [2.24, 2.45) is 5.14 Å². The molecular formula is C12H16N2O6S. The first kappa shape index (κ1) is 16.9. The van der Waals surface area contributed by atoms with Gasteiger partial charge < -0.3 is 14.7 Å². The molecule has 0 aromatic heterocycles. The molecule has 0 saturated carbocycles. The standard InChI is InChI=1S/C12H16N2O6S/c1-14(2)11(15)5-6-20-9-4-3-8(12(16)17)7-10(9)21(13,18)19/h3-4,7H,5-6H2,1-2H3,(H,16,17)(H2,13,18,19). The molecule has 1 aromatic rings. The molecule has 0 fully saturated rings. The fraction of sp³-hybridized carbons (Fsp3) is 0.333. The molecule has 0 spiro atoms. The molecule has 21 heavy (non-hydrogen) atoms. The number of carbonyl (C=O) groups is 2. The smallest absolute Gasteiger partial charge is 0.335 e. The van der Waals surface area contributed by atoms with E-state index >= 15 is 0 Å². The summed E-state index contributed by atoms with van der Waals surface area (Å²) >= 11 is 0. The van der Waals surface area contributed by atoms with E-state index in [-0.39, 0.29) is 30.2 Å². The maximum Gasteiger partial charge on any atom is 0.335 e. The zero-order chi connectivity index (χ0) is 16.2. The average molecular weight is 316 g/mol. The second kappa shape index (κ2) is 6.55. The lowest BCUT2D eigenvalue weighted by Gasteiger charge is -2.13. The number of hydrogen-bond acceptors (Lipinski definition) is 5. The van der Waals surface area contributed by atoms with Gasteiger partial charge in [0.1, 0.15) is 10.6 Å². The number of aromatic carboxylic acids is 1. The van der Waals surface area contributed by atoms with Gasteiger partial charge in [0.05, 0.1) is 18.6 Å². The molecule has 8 nitrogen and oxygen atoms in total. The van der Waals surface area contributed by atoms with Crippen molar-refractivity contribution >= 4 is 21.9 Å². The van der Waals surface area contributed by atoms with Crippen LogP contribution in [0.15, 0.2) is 23.1 Å². The van der Waals surface area contributed by atoms with Gasteiger partial charge in [-0.25, -0.2) is 18.4 Å². The Kier molecular flexibility index (Phi) is 5.28. The first-order chi connectivity index (χ1) is 9.62. The Bertz CT molecular complexity index is 654. The Hall–Kier alpha value is -2.13. The maximum atomic E-state index is 11.5. The molecule has 0 atom stereocenters. The van der Waals surface area contributed by atoms with E-state index in [9.17, 15) is 18.0 Å². The Morgan fingerprint density at radius 1 is 1.33 bits per heavy atom. The summed E-state index contributed by atoms with van der Waals surface area (Å²) in [5.74, 6) is -1.56. The second-order valence-electron chi connectivity index (χ2n) is 4.40. The minimum atomic E-state index is -4.14. The predicted molar refractivity (Wildman–Crippen MR) is 73.6 cm³/mol. The van der Waals surface area contributed by atoms with Crippen molar-refractivity contribution in [3.63, 3.8) is 0 Å². The SMILES string of the molecule is CN(C)C(=O)CCOc1ccc(C(=O)O)cc1S(N)(=O)=O. The number of amides is 1. The van der Waals surface area contributed by atoms with Gasteiger partial charge in [0, 0.05) is 14.1 Å². The number of benzene rings is 1. The molecule has 0 unspecified atom stereocenters. The number of carbonyl (C=O) groups excluding carboxylic acids is 1. The van der Waals surface area contributed by atoms with E-state index in [1.54, 1.807) is 14.1 Å². The van der Waals surface area contributed by atoms with Crippen LogP contribution in [0.25, 0.3) is 0 Å². The van der Waals surface area contributed by atoms with Crippen LogP contribution in [-0.2, 0) is 14.8 Å². The highest BCUT2D eigenvalue weighted by atomic mass is 32.2. The number of nitrogens with two attached hydrogens (primary N) is 1. The van der Waals surface area contributed by atoms with Crippen LogP contribution in [0.4, 0.5) is 0 Å². The summed E-state index contributed by atoms with van der Waals surface area (Å²) in [6.45, 7) is -0.0497. The predicted octanol–water partition coefficient (Wildman–Crippen LogP) is -0.111. The van der Waals surface area contributed by atoms with Crippen LogP contribution >= 0.6 is 0 Å². The molecule has 0 aliphatic heterocycles. The Morgan fingerprint density at radius 2 is 1.95 bits per heavy atom. The molecule has 0 radical (unpaired) electrons. The largest absolute Gasteiger partial charge is 0.492 e. The lowest BCUT2D eigenvalue weighted by Crippen LogP contribution is -2.23. The van der Waals surface area contributed by atoms with Gasteiger partial charge in [-0.15, -0.1) is 0 Å². The molecule has 1 rings (SSSR count). The van der Waals surface area contributed by atoms with Crippen molar-refractivity contribution in [2.45, 2.75) is 11.3 Å². The summed E-state index contributed by atoms with van der Waals surface area (Å²) in [5.41, 5.74) is -0.226. The summed E-state index contributed by atoms with van der Waals surface area (Å²) in [6, 6.07) is 3.31. The van der Waals surface area contributed by atoms with E-state index in [2.05, 4.69) is 0 Å². The highest BCUT2D eigenvalue weighted by Crippen LogP contribution is 2.24. The first-order valence-corrected chi connectivity index (χ1v) is 7.40. The Balaban J connectivity index is 2.97. The van der Waals surface area contributed by atoms with Gasteiger partial charge in [-0.1, -0.05) is 0 Å². The molecule has 116 valence electrons. The zero-order valence-electron chi connectivity index (χ0n) is 11.6. The van der Waals surface area contributed by atoms with Gasteiger partial charge in [0.25, 0.3) is 0 Å². The van der Waals surface area contributed by atoms with E-state index < -0.39 is 20.9 Å². The topological polar surface area (TPSA) is 127 Å². The third kappa shape index (κ3) is 4.72. The molecule has 3 N–H and O–H groups in total. The van der Waals surface area contributed by atoms with Crippen molar-refractivity contribution < 1.29 is 27.9 Å². The van der Waals surface area contributed by atoms with E-state index in [0.717, 1.165) is 6.07 Å². The number of carboxylic acids is 1. The lowest BCUT2D eigenvalue weighted by molar-refractivity contribution is -0.129. The van der Waals surface area contributed by atoms with Gasteiger partial charge in [-0.3, -0.25) is 4.79 Å². The Labute approximate surface area is 122 Å². The molecule has 9 heteroatoms. The van der Waals surface area contributed by atoms with Crippen LogP contribution in [0, 0.1) is 0 Å². The van der Waals surface area contributed by atoms with E-state index in [1.165, 1.54) is 17.0 Å². The van der Waals surface area contributed by atoms with Crippen molar-refractivity contribution in [1.82, 2.24) is 4.90 Å². The number of rotatable bonds is 6. The van der Waals surface area contributed by atoms with Crippen LogP contribution in [0.3, 0.4) is 0 Å². The monoisotopic (exact) mass is 316 g/mol. The van der Waals surface area contributed by atoms with Gasteiger partial charge in [0.2, 0.25) is 15.9 Å². The van der Waals surface area contributed by atoms with Crippen LogP contribution < -0.4 is 9.88 Å². The van der Waals surface area contributed by atoms with Gasteiger partial charge in [-0.05, 0) is 18.2 Å². The molecule has 1 amide bonds. The number of hydrogen-bond donors (Lipinski definition) is 2. The maximum absolute atomic E-state index is 11.5. The highest BCUT2D eigenvalue weighted by molar-refractivity contribution is 7.89. The van der Waals surface area contributed by atoms with Gasteiger partial charge in [-0.2, -0.15) is 0 Å². The van der Waals surface area contributed by atoms with Crippen LogP contribution in [-0.4, -0.2) is 51.0 Å². The quantitative estimate of drug-likeness (QED) is 0.754. The first-order valence-electron chi connectivity index (χ1n) is 5.86. The minimum Gasteiger partial charge on any atom is -0.492 e. The van der Waals surface area contributed by atoms with Gasteiger partial charge >= 0.3 is 5.97 Å². The summed E-state index contributed by atoms with van der Waals surface area (Å²) in [6.07, 6.45) is 0.0533. The summed E-state index contributed by atoms with van der Waals surface area (Å²) < 4.78 is 28.1. The highest BCUT2D eigenvalue weighted by Gasteiger charge is 2.18. The molecule has 0 aliphatic rings. The summed E-state index contributed by atoms with van der Waals surface area (Å²) in [7, 11) is -0.974. The normalized spacial score (nSPS) is 11.0. The number of sulfonamides is 1. The van der Waals surface area contributed by atoms with Crippen LogP contribution in [0.1, 0.15) is 16.8 Å². The molecule has 0 saturated heterocycles. The molecular weight excluding hydrogens is 300 g/mol. The molecule has 0 aliphatic carbocycles. The number of ether oxygens (including phenoxy) is 1. The third-order valence-electron chi connectivity index (χ3n) is 2.57. The fourth-order valence-electron chi connectivity index (χ4n) is 1.45. The van der Waals surface area contributed by atoms with Crippen molar-refractivity contribution in [3.8, 4) is 5.75 Å². The lowest BCUT2D eigenvalue weighted by atomic mass is 10.2. The minimum absolute atomic E-state index is 0.0497. The van der Waals surface area contributed by atoms with E-state index in [1.807, 2.05) is 0 Å². The van der Waals surface area contributed by atoms with Crippen molar-refractivity contribution in [3.05, 3.63) is 23.8 Å². The second-order valence-corrected chi connectivity index (χ2v) is 5.93. The fourth-order valence-corrected chi connectivity index (χ4v) is 2.15. The van der Waals surface area contributed by atoms with E-state index in [4.69, 9.17) is 15.0 Å². The number of primary sulfonamides is 1. The van der Waals surface area contributed by atoms with Crippen molar-refractivity contribution in [1.29, 1.82) is 0 Å². The molecule has 0 heterocycles. The van der Waals surface area contributed by atoms with E-state index in [0.29, 0.717) is 0 Å². The third-order valence-corrected chi connectivity index (χ3v) is 3.50. The van der Waals surface area contributed by atoms with Crippen LogP contribution in [0.2, 0.25) is 0 Å². The summed E-state index contributed by atoms with van der Waals surface area (Å²) in [5, 5.41) is 13.9. The van der Waals surface area contributed by atoms with Crippen molar-refractivity contribution in [2.75, 3.05) is 20.7 Å². The number of carboxylic acid groups (broad SMARTS) is 1. The molecule has 0 bridgehead atoms. The zero-order valence-corrected chi connectivity index (χ0v) is 12.4. The Morgan fingerprint density at radius 3 is 2.43 bits per heavy atom. The number of nitrogens with zero attached hydrogens (tertiary/aromatic N) is 1. The summed E-state index contributed by atoms with van der Waals surface area (Å²) in [4.78, 5) is 23.2. The average Bonchev–Trinajstić information content (AvgIpc) is 2.37. The van der Waals surface area contributed by atoms with Crippen LogP contribution in [0.5, 0.6) is 5.75 Å².